The highest BCUT2D eigenvalue weighted by Gasteiger charge is 2.34. The number of methoxy groups -OCH3 is 1. The van der Waals surface area contributed by atoms with E-state index in [2.05, 4.69) is 4.74 Å². The van der Waals surface area contributed by atoms with E-state index in [4.69, 9.17) is 0 Å². The highest BCUT2D eigenvalue weighted by molar-refractivity contribution is 5.85. The summed E-state index contributed by atoms with van der Waals surface area (Å²) in [5, 5.41) is 0. The Morgan fingerprint density at radius 3 is 2.58 bits per heavy atom. The van der Waals surface area contributed by atoms with Gasteiger partial charge in [0.1, 0.15) is 6.54 Å². The quantitative estimate of drug-likeness (QED) is 0.761. The average Bonchev–Trinajstić information content (AvgIpc) is 3.23. The molecule has 1 saturated carbocycles. The summed E-state index contributed by atoms with van der Waals surface area (Å²) in [6.45, 7) is 2.50. The molecule has 1 amide bonds. The van der Waals surface area contributed by atoms with E-state index < -0.39 is 0 Å². The molecule has 0 bridgehead atoms. The lowest BCUT2D eigenvalue weighted by molar-refractivity contribution is -0.147. The summed E-state index contributed by atoms with van der Waals surface area (Å²) in [6, 6.07) is 7.90. The number of rotatable bonds is 5. The molecule has 0 atom stereocenters. The second-order valence-corrected chi connectivity index (χ2v) is 4.97. The molecule has 2 rings (SSSR count). The summed E-state index contributed by atoms with van der Waals surface area (Å²) in [7, 11) is 1.34. The Hall–Kier alpha value is -1.84. The fraction of sp³-hybridized carbons (Fsp3) is 0.467. The molecule has 0 N–H and O–H groups in total. The standard InChI is InChI=1S/C15H19NO3/c1-11-5-3-4-6-13(11)9-16(10-14(17)19-2)15(18)12-7-8-12/h3-6,12H,7-10H2,1-2H3. The van der Waals surface area contributed by atoms with Crippen LogP contribution in [0, 0.1) is 12.8 Å². The fourth-order valence-corrected chi connectivity index (χ4v) is 2.01. The maximum absolute atomic E-state index is 12.2. The molecule has 0 aliphatic heterocycles. The van der Waals surface area contributed by atoms with Crippen LogP contribution in [0.5, 0.6) is 0 Å². The summed E-state index contributed by atoms with van der Waals surface area (Å²) in [4.78, 5) is 25.2. The molecular weight excluding hydrogens is 242 g/mol. The van der Waals surface area contributed by atoms with E-state index in [1.165, 1.54) is 7.11 Å². The zero-order valence-electron chi connectivity index (χ0n) is 11.4. The van der Waals surface area contributed by atoms with Crippen molar-refractivity contribution < 1.29 is 14.3 Å². The summed E-state index contributed by atoms with van der Waals surface area (Å²) >= 11 is 0. The lowest BCUT2D eigenvalue weighted by atomic mass is 10.1. The minimum atomic E-state index is -0.373. The molecular formula is C15H19NO3. The van der Waals surface area contributed by atoms with Crippen LogP contribution in [-0.4, -0.2) is 30.4 Å². The van der Waals surface area contributed by atoms with Gasteiger partial charge in [0, 0.05) is 12.5 Å². The van der Waals surface area contributed by atoms with Crippen molar-refractivity contribution in [2.75, 3.05) is 13.7 Å². The second-order valence-electron chi connectivity index (χ2n) is 4.97. The topological polar surface area (TPSA) is 46.6 Å². The van der Waals surface area contributed by atoms with E-state index in [0.29, 0.717) is 6.54 Å². The zero-order valence-corrected chi connectivity index (χ0v) is 11.4. The first-order valence-electron chi connectivity index (χ1n) is 6.52. The molecule has 19 heavy (non-hydrogen) atoms. The number of carbonyl (C=O) groups excluding carboxylic acids is 2. The molecule has 1 aliphatic rings. The van der Waals surface area contributed by atoms with Crippen LogP contribution >= 0.6 is 0 Å². The Morgan fingerprint density at radius 1 is 1.32 bits per heavy atom. The van der Waals surface area contributed by atoms with Crippen LogP contribution < -0.4 is 0 Å². The fourth-order valence-electron chi connectivity index (χ4n) is 2.01. The van der Waals surface area contributed by atoms with Crippen molar-refractivity contribution >= 4 is 11.9 Å². The van der Waals surface area contributed by atoms with Crippen LogP contribution in [0.25, 0.3) is 0 Å². The van der Waals surface area contributed by atoms with E-state index in [1.807, 2.05) is 31.2 Å². The van der Waals surface area contributed by atoms with Crippen molar-refractivity contribution in [1.29, 1.82) is 0 Å². The molecule has 1 aliphatic carbocycles. The van der Waals surface area contributed by atoms with Gasteiger partial charge in [-0.1, -0.05) is 24.3 Å². The molecule has 1 fully saturated rings. The molecule has 0 aromatic heterocycles. The first-order chi connectivity index (χ1) is 9.11. The van der Waals surface area contributed by atoms with Crippen LogP contribution in [0.4, 0.5) is 0 Å². The van der Waals surface area contributed by atoms with Gasteiger partial charge < -0.3 is 9.64 Å². The molecule has 0 spiro atoms. The highest BCUT2D eigenvalue weighted by atomic mass is 16.5. The molecule has 0 unspecified atom stereocenters. The van der Waals surface area contributed by atoms with Gasteiger partial charge in [0.15, 0.2) is 0 Å². The van der Waals surface area contributed by atoms with Crippen LogP contribution in [0.1, 0.15) is 24.0 Å². The Kier molecular flexibility index (Phi) is 4.20. The van der Waals surface area contributed by atoms with Gasteiger partial charge >= 0.3 is 5.97 Å². The number of amides is 1. The van der Waals surface area contributed by atoms with Gasteiger partial charge in [0.05, 0.1) is 7.11 Å². The van der Waals surface area contributed by atoms with E-state index in [1.54, 1.807) is 4.90 Å². The molecule has 102 valence electrons. The normalized spacial score (nSPS) is 14.0. The summed E-state index contributed by atoms with van der Waals surface area (Å²) in [6.07, 6.45) is 1.87. The molecule has 1 aromatic rings. The Balaban J connectivity index is 2.10. The predicted octanol–water partition coefficient (Wildman–Crippen LogP) is 1.91. The van der Waals surface area contributed by atoms with Crippen LogP contribution in [-0.2, 0) is 20.9 Å². The van der Waals surface area contributed by atoms with Gasteiger partial charge in [-0.3, -0.25) is 9.59 Å². The summed E-state index contributed by atoms with van der Waals surface area (Å²) < 4.78 is 4.67. The van der Waals surface area contributed by atoms with E-state index >= 15 is 0 Å². The minimum absolute atomic E-state index is 0.0279. The number of hydrogen-bond donors (Lipinski definition) is 0. The van der Waals surface area contributed by atoms with Crippen molar-refractivity contribution in [2.45, 2.75) is 26.3 Å². The van der Waals surface area contributed by atoms with Crippen LogP contribution in [0.2, 0.25) is 0 Å². The number of benzene rings is 1. The number of hydrogen-bond acceptors (Lipinski definition) is 3. The number of carbonyl (C=O) groups is 2. The zero-order chi connectivity index (χ0) is 13.8. The van der Waals surface area contributed by atoms with Gasteiger partial charge in [0.25, 0.3) is 0 Å². The van der Waals surface area contributed by atoms with Gasteiger partial charge in [-0.15, -0.1) is 0 Å². The second kappa shape index (κ2) is 5.87. The van der Waals surface area contributed by atoms with Crippen molar-refractivity contribution in [3.05, 3.63) is 35.4 Å². The lowest BCUT2D eigenvalue weighted by Crippen LogP contribution is -2.36. The van der Waals surface area contributed by atoms with Crippen LogP contribution in [0.3, 0.4) is 0 Å². The van der Waals surface area contributed by atoms with Crippen LogP contribution in [0.15, 0.2) is 24.3 Å². The molecule has 1 aromatic carbocycles. The highest BCUT2D eigenvalue weighted by Crippen LogP contribution is 2.31. The van der Waals surface area contributed by atoms with Gasteiger partial charge in [-0.05, 0) is 30.9 Å². The lowest BCUT2D eigenvalue weighted by Gasteiger charge is -2.22. The maximum Gasteiger partial charge on any atom is 0.325 e. The maximum atomic E-state index is 12.2. The molecule has 0 heterocycles. The van der Waals surface area contributed by atoms with E-state index in [-0.39, 0.29) is 24.3 Å². The average molecular weight is 261 g/mol. The smallest absolute Gasteiger partial charge is 0.325 e. The first-order valence-corrected chi connectivity index (χ1v) is 6.52. The van der Waals surface area contributed by atoms with Crippen molar-refractivity contribution in [1.82, 2.24) is 4.90 Å². The first kappa shape index (κ1) is 13.6. The van der Waals surface area contributed by atoms with E-state index in [9.17, 15) is 9.59 Å². The van der Waals surface area contributed by atoms with Crippen molar-refractivity contribution in [2.24, 2.45) is 5.92 Å². The largest absolute Gasteiger partial charge is 0.468 e. The van der Waals surface area contributed by atoms with Gasteiger partial charge in [-0.25, -0.2) is 0 Å². The Labute approximate surface area is 113 Å². The molecule has 4 nitrogen and oxygen atoms in total. The summed E-state index contributed by atoms with van der Waals surface area (Å²) in [5.41, 5.74) is 2.20. The SMILES string of the molecule is COC(=O)CN(Cc1ccccc1C)C(=O)C1CC1. The van der Waals surface area contributed by atoms with Crippen molar-refractivity contribution in [3.8, 4) is 0 Å². The number of esters is 1. The van der Waals surface area contributed by atoms with E-state index in [0.717, 1.165) is 24.0 Å². The third-order valence-electron chi connectivity index (χ3n) is 3.41. The Bertz CT molecular complexity index is 480. The van der Waals surface area contributed by atoms with Gasteiger partial charge in [0.2, 0.25) is 5.91 Å². The summed E-state index contributed by atoms with van der Waals surface area (Å²) in [5.74, 6) is -0.204. The third kappa shape index (κ3) is 3.56. The molecule has 4 heteroatoms. The third-order valence-corrected chi connectivity index (χ3v) is 3.41. The Morgan fingerprint density at radius 2 is 2.00 bits per heavy atom. The number of ether oxygens (including phenoxy) is 1. The number of nitrogens with zero attached hydrogens (tertiary/aromatic N) is 1. The minimum Gasteiger partial charge on any atom is -0.468 e. The van der Waals surface area contributed by atoms with Gasteiger partial charge in [-0.2, -0.15) is 0 Å². The number of aryl methyl sites for hydroxylation is 1. The monoisotopic (exact) mass is 261 g/mol. The molecule has 0 saturated heterocycles. The predicted molar refractivity (Wildman–Crippen MR) is 71.3 cm³/mol. The van der Waals surface area contributed by atoms with Crippen molar-refractivity contribution in [3.63, 3.8) is 0 Å². The molecule has 0 radical (unpaired) electrons.